The molecule has 0 amide bonds. The predicted octanol–water partition coefficient (Wildman–Crippen LogP) is 3.00. The molecule has 116 valence electrons. The molecule has 2 N–H and O–H groups in total. The molecule has 1 aromatic heterocycles. The van der Waals surface area contributed by atoms with E-state index in [9.17, 15) is 18.0 Å². The Kier molecular flexibility index (Phi) is 4.30. The van der Waals surface area contributed by atoms with Crippen LogP contribution in [-0.4, -0.2) is 15.9 Å². The second kappa shape index (κ2) is 6.00. The maximum Gasteiger partial charge on any atom is 0.416 e. The average Bonchev–Trinajstić information content (AvgIpc) is 2.46. The van der Waals surface area contributed by atoms with Gasteiger partial charge in [0.15, 0.2) is 11.5 Å². The van der Waals surface area contributed by atoms with E-state index in [-0.39, 0.29) is 11.5 Å². The molecule has 1 heterocycles. The van der Waals surface area contributed by atoms with Crippen LogP contribution in [0.15, 0.2) is 36.7 Å². The average molecular weight is 311 g/mol. The van der Waals surface area contributed by atoms with Crippen molar-refractivity contribution in [1.82, 2.24) is 9.97 Å². The molecule has 0 radical (unpaired) electrons. The van der Waals surface area contributed by atoms with Gasteiger partial charge in [0.2, 0.25) is 0 Å². The number of halogens is 3. The zero-order valence-electron chi connectivity index (χ0n) is 11.5. The molecule has 22 heavy (non-hydrogen) atoms. The topological polar surface area (TPSA) is 78.1 Å². The van der Waals surface area contributed by atoms with Crippen molar-refractivity contribution >= 4 is 11.8 Å². The van der Waals surface area contributed by atoms with Gasteiger partial charge in [-0.25, -0.2) is 14.8 Å². The summed E-state index contributed by atoms with van der Waals surface area (Å²) in [6.45, 7) is 1.53. The summed E-state index contributed by atoms with van der Waals surface area (Å²) >= 11 is 0. The number of nitrogens with two attached hydrogens (primary N) is 1. The smallest absolute Gasteiger partial charge is 0.416 e. The Morgan fingerprint density at radius 1 is 1.18 bits per heavy atom. The Bertz CT molecular complexity index is 672. The molecular weight excluding hydrogens is 299 g/mol. The quantitative estimate of drug-likeness (QED) is 0.882. The molecule has 0 fully saturated rings. The molecule has 0 saturated carbocycles. The molecule has 0 bridgehead atoms. The van der Waals surface area contributed by atoms with Crippen molar-refractivity contribution in [3.05, 3.63) is 53.5 Å². The molecule has 0 aliphatic rings. The van der Waals surface area contributed by atoms with Gasteiger partial charge in [-0.1, -0.05) is 12.1 Å². The molecule has 2 aromatic rings. The monoisotopic (exact) mass is 311 g/mol. The standard InChI is InChI=1S/C14H12F3N3O2/c1-8(9-2-4-10(5-3-9)14(15,16)17)22-13(21)11-12(18)20-7-6-19-11/h2-8H,1H3,(H2,18,20). The van der Waals surface area contributed by atoms with Gasteiger partial charge < -0.3 is 10.5 Å². The van der Waals surface area contributed by atoms with Crippen LogP contribution in [0.2, 0.25) is 0 Å². The summed E-state index contributed by atoms with van der Waals surface area (Å²) in [5, 5.41) is 0. The summed E-state index contributed by atoms with van der Waals surface area (Å²) in [7, 11) is 0. The number of hydrogen-bond acceptors (Lipinski definition) is 5. The molecule has 1 aromatic carbocycles. The normalized spacial score (nSPS) is 12.7. The molecule has 8 heteroatoms. The van der Waals surface area contributed by atoms with Gasteiger partial charge in [-0.15, -0.1) is 0 Å². The van der Waals surface area contributed by atoms with Gasteiger partial charge in [0.25, 0.3) is 0 Å². The number of ether oxygens (including phenoxy) is 1. The lowest BCUT2D eigenvalue weighted by Gasteiger charge is -2.14. The van der Waals surface area contributed by atoms with Crippen molar-refractivity contribution in [1.29, 1.82) is 0 Å². The molecule has 5 nitrogen and oxygen atoms in total. The maximum absolute atomic E-state index is 12.5. The van der Waals surface area contributed by atoms with Crippen molar-refractivity contribution in [2.75, 3.05) is 5.73 Å². The number of esters is 1. The van der Waals surface area contributed by atoms with Crippen LogP contribution in [-0.2, 0) is 10.9 Å². The summed E-state index contributed by atoms with van der Waals surface area (Å²) in [5.74, 6) is -0.870. The fourth-order valence-corrected chi connectivity index (χ4v) is 1.73. The van der Waals surface area contributed by atoms with E-state index in [0.29, 0.717) is 5.56 Å². The molecule has 0 aliphatic carbocycles. The summed E-state index contributed by atoms with van der Waals surface area (Å²) in [6.07, 6.45) is -2.55. The molecule has 0 saturated heterocycles. The van der Waals surface area contributed by atoms with Crippen molar-refractivity contribution in [2.45, 2.75) is 19.2 Å². The van der Waals surface area contributed by atoms with Crippen LogP contribution < -0.4 is 5.73 Å². The first-order valence-electron chi connectivity index (χ1n) is 6.23. The number of rotatable bonds is 3. The third-order valence-electron chi connectivity index (χ3n) is 2.91. The summed E-state index contributed by atoms with van der Waals surface area (Å²) in [4.78, 5) is 19.4. The van der Waals surface area contributed by atoms with Crippen molar-refractivity contribution in [3.8, 4) is 0 Å². The lowest BCUT2D eigenvalue weighted by Crippen LogP contribution is -2.14. The number of anilines is 1. The van der Waals surface area contributed by atoms with Crippen LogP contribution in [0.25, 0.3) is 0 Å². The third-order valence-corrected chi connectivity index (χ3v) is 2.91. The lowest BCUT2D eigenvalue weighted by atomic mass is 10.1. The van der Waals surface area contributed by atoms with E-state index in [1.165, 1.54) is 31.5 Å². The number of carbonyl (C=O) groups is 1. The zero-order valence-corrected chi connectivity index (χ0v) is 11.5. The van der Waals surface area contributed by atoms with Gasteiger partial charge in [0.1, 0.15) is 6.10 Å². The first-order valence-corrected chi connectivity index (χ1v) is 6.23. The highest BCUT2D eigenvalue weighted by atomic mass is 19.4. The molecule has 0 spiro atoms. The van der Waals surface area contributed by atoms with Gasteiger partial charge in [-0.05, 0) is 24.6 Å². The fraction of sp³-hybridized carbons (Fsp3) is 0.214. The minimum Gasteiger partial charge on any atom is -0.453 e. The van der Waals surface area contributed by atoms with E-state index in [0.717, 1.165) is 12.1 Å². The van der Waals surface area contributed by atoms with Gasteiger partial charge in [0.05, 0.1) is 5.56 Å². The zero-order chi connectivity index (χ0) is 16.3. The molecule has 1 atom stereocenters. The van der Waals surface area contributed by atoms with Crippen LogP contribution >= 0.6 is 0 Å². The lowest BCUT2D eigenvalue weighted by molar-refractivity contribution is -0.137. The minimum atomic E-state index is -4.41. The predicted molar refractivity (Wildman–Crippen MR) is 71.7 cm³/mol. The van der Waals surface area contributed by atoms with Crippen molar-refractivity contribution in [2.24, 2.45) is 0 Å². The number of hydrogen-bond donors (Lipinski definition) is 1. The Hall–Kier alpha value is -2.64. The summed E-state index contributed by atoms with van der Waals surface area (Å²) in [5.41, 5.74) is 5.02. The second-order valence-corrected chi connectivity index (χ2v) is 4.46. The Labute approximate surface area is 123 Å². The number of nitrogens with zero attached hydrogens (tertiary/aromatic N) is 2. The largest absolute Gasteiger partial charge is 0.453 e. The van der Waals surface area contributed by atoms with Crippen LogP contribution in [0.1, 0.15) is 34.6 Å². The summed E-state index contributed by atoms with van der Waals surface area (Å²) in [6, 6.07) is 4.36. The van der Waals surface area contributed by atoms with Crippen molar-refractivity contribution < 1.29 is 22.7 Å². The van der Waals surface area contributed by atoms with Crippen LogP contribution in [0.5, 0.6) is 0 Å². The SMILES string of the molecule is CC(OC(=O)c1nccnc1N)c1ccc(C(F)(F)F)cc1. The highest BCUT2D eigenvalue weighted by Gasteiger charge is 2.30. The molecular formula is C14H12F3N3O2. The molecule has 2 rings (SSSR count). The van der Waals surface area contributed by atoms with Crippen LogP contribution in [0.4, 0.5) is 19.0 Å². The van der Waals surface area contributed by atoms with E-state index in [4.69, 9.17) is 10.5 Å². The van der Waals surface area contributed by atoms with Gasteiger partial charge in [0, 0.05) is 12.4 Å². The Morgan fingerprint density at radius 2 is 1.77 bits per heavy atom. The van der Waals surface area contributed by atoms with Gasteiger partial charge in [-0.2, -0.15) is 13.2 Å². The number of benzene rings is 1. The Morgan fingerprint density at radius 3 is 2.32 bits per heavy atom. The highest BCUT2D eigenvalue weighted by molar-refractivity contribution is 5.91. The first-order chi connectivity index (χ1) is 10.3. The molecule has 0 aliphatic heterocycles. The fourth-order valence-electron chi connectivity index (χ4n) is 1.73. The maximum atomic E-state index is 12.5. The second-order valence-electron chi connectivity index (χ2n) is 4.46. The van der Waals surface area contributed by atoms with E-state index in [1.807, 2.05) is 0 Å². The number of nitrogen functional groups attached to an aromatic ring is 1. The Balaban J connectivity index is 2.11. The highest BCUT2D eigenvalue weighted by Crippen LogP contribution is 2.30. The van der Waals surface area contributed by atoms with E-state index in [2.05, 4.69) is 9.97 Å². The summed E-state index contributed by atoms with van der Waals surface area (Å²) < 4.78 is 42.6. The third kappa shape index (κ3) is 3.51. The van der Waals surface area contributed by atoms with Gasteiger partial charge in [-0.3, -0.25) is 0 Å². The van der Waals surface area contributed by atoms with Crippen LogP contribution in [0, 0.1) is 0 Å². The number of alkyl halides is 3. The number of aromatic nitrogens is 2. The van der Waals surface area contributed by atoms with Crippen LogP contribution in [0.3, 0.4) is 0 Å². The minimum absolute atomic E-state index is 0.0767. The first kappa shape index (κ1) is 15.7. The van der Waals surface area contributed by atoms with E-state index < -0.39 is 23.8 Å². The van der Waals surface area contributed by atoms with E-state index in [1.54, 1.807) is 0 Å². The molecule has 1 unspecified atom stereocenters. The van der Waals surface area contributed by atoms with Crippen molar-refractivity contribution in [3.63, 3.8) is 0 Å². The van der Waals surface area contributed by atoms with Gasteiger partial charge >= 0.3 is 12.1 Å². The number of carbonyl (C=O) groups excluding carboxylic acids is 1. The van der Waals surface area contributed by atoms with E-state index >= 15 is 0 Å².